The maximum atomic E-state index is 9.51. The van der Waals surface area contributed by atoms with E-state index in [-0.39, 0.29) is 10.0 Å². The second kappa shape index (κ2) is 4.62. The maximum absolute atomic E-state index is 9.51. The Balaban J connectivity index is 3.61. The van der Waals surface area contributed by atoms with Crippen LogP contribution in [-0.4, -0.2) is 27.3 Å². The van der Waals surface area contributed by atoms with Crippen LogP contribution >= 0.6 is 22.6 Å². The number of hydrogen-bond donors (Lipinski definition) is 1. The van der Waals surface area contributed by atoms with Gasteiger partial charge in [0.2, 0.25) is 0 Å². The number of alkyl halides is 1. The number of rotatable bonds is 4. The van der Waals surface area contributed by atoms with Crippen LogP contribution in [-0.2, 0) is 4.74 Å². The molecule has 1 N–H and O–H groups in total. The Hall–Kier alpha value is 0.650. The summed E-state index contributed by atoms with van der Waals surface area (Å²) in [7, 11) is 0. The first-order valence-electron chi connectivity index (χ1n) is 3.82. The molecule has 0 aromatic heterocycles. The topological polar surface area (TPSA) is 29.5 Å². The van der Waals surface area contributed by atoms with E-state index >= 15 is 0 Å². The molecule has 0 aliphatic rings. The summed E-state index contributed by atoms with van der Waals surface area (Å²) in [6.07, 6.45) is 0.245. The van der Waals surface area contributed by atoms with Gasteiger partial charge in [0.15, 0.2) is 0 Å². The highest BCUT2D eigenvalue weighted by Crippen LogP contribution is 2.18. The van der Waals surface area contributed by atoms with Gasteiger partial charge in [-0.1, -0.05) is 22.6 Å². The zero-order valence-corrected chi connectivity index (χ0v) is 9.75. The van der Waals surface area contributed by atoms with E-state index in [0.29, 0.717) is 6.61 Å². The van der Waals surface area contributed by atoms with Gasteiger partial charge in [-0.3, -0.25) is 0 Å². The number of ether oxygens (including phenoxy) is 1. The van der Waals surface area contributed by atoms with Gasteiger partial charge in [0.1, 0.15) is 0 Å². The molecule has 0 saturated carbocycles. The highest BCUT2D eigenvalue weighted by molar-refractivity contribution is 14.1. The smallest absolute Gasteiger partial charge is 0.0731 e. The fourth-order valence-electron chi connectivity index (χ4n) is 0.481. The van der Waals surface area contributed by atoms with Gasteiger partial charge in [0.05, 0.1) is 22.2 Å². The summed E-state index contributed by atoms with van der Waals surface area (Å²) in [5.41, 5.74) is -0.643. The zero-order chi connectivity index (χ0) is 9.07. The molecule has 1 atom stereocenters. The molecule has 0 aromatic carbocycles. The molecule has 0 saturated heterocycles. The van der Waals surface area contributed by atoms with Gasteiger partial charge in [-0.15, -0.1) is 0 Å². The van der Waals surface area contributed by atoms with Crippen LogP contribution < -0.4 is 0 Å². The predicted molar refractivity (Wildman–Crippen MR) is 55.2 cm³/mol. The first-order valence-corrected chi connectivity index (χ1v) is 5.06. The molecule has 2 nitrogen and oxygen atoms in total. The summed E-state index contributed by atoms with van der Waals surface area (Å²) in [5.74, 6) is 0. The van der Waals surface area contributed by atoms with Crippen LogP contribution in [0.25, 0.3) is 0 Å². The van der Waals surface area contributed by atoms with Crippen LogP contribution in [0.1, 0.15) is 27.7 Å². The first kappa shape index (κ1) is 11.6. The predicted octanol–water partition coefficient (Wildman–Crippen LogP) is 1.99. The van der Waals surface area contributed by atoms with Gasteiger partial charge in [0, 0.05) is 0 Å². The van der Waals surface area contributed by atoms with Gasteiger partial charge in [-0.25, -0.2) is 0 Å². The minimum absolute atomic E-state index is 0.155. The van der Waals surface area contributed by atoms with Crippen molar-refractivity contribution in [2.75, 3.05) is 6.61 Å². The van der Waals surface area contributed by atoms with Gasteiger partial charge in [0.25, 0.3) is 0 Å². The Bertz CT molecular complexity index is 107. The molecule has 0 aliphatic carbocycles. The first-order chi connectivity index (χ1) is 4.84. The lowest BCUT2D eigenvalue weighted by atomic mass is 10.1. The van der Waals surface area contributed by atoms with Crippen LogP contribution in [0, 0.1) is 0 Å². The molecule has 11 heavy (non-hydrogen) atoms. The monoisotopic (exact) mass is 272 g/mol. The molecular formula is C8H17IO2. The van der Waals surface area contributed by atoms with E-state index in [9.17, 15) is 5.11 Å². The molecule has 0 fully saturated rings. The minimum atomic E-state index is -0.643. The zero-order valence-electron chi connectivity index (χ0n) is 7.60. The van der Waals surface area contributed by atoms with Gasteiger partial charge < -0.3 is 9.84 Å². The van der Waals surface area contributed by atoms with E-state index in [2.05, 4.69) is 22.6 Å². The maximum Gasteiger partial charge on any atom is 0.0731 e. The lowest BCUT2D eigenvalue weighted by Crippen LogP contribution is -2.35. The third kappa shape index (κ3) is 5.87. The van der Waals surface area contributed by atoms with Gasteiger partial charge in [-0.05, 0) is 27.7 Å². The van der Waals surface area contributed by atoms with Crippen LogP contribution in [0.3, 0.4) is 0 Å². The Kier molecular flexibility index (Phi) is 4.89. The van der Waals surface area contributed by atoms with Gasteiger partial charge >= 0.3 is 0 Å². The van der Waals surface area contributed by atoms with Crippen molar-refractivity contribution in [3.63, 3.8) is 0 Å². The number of aliphatic hydroxyl groups is 1. The van der Waals surface area contributed by atoms with Crippen molar-refractivity contribution in [2.45, 2.75) is 43.3 Å². The Labute approximate surface area is 82.5 Å². The molecule has 0 heterocycles. The van der Waals surface area contributed by atoms with E-state index < -0.39 is 5.60 Å². The van der Waals surface area contributed by atoms with Crippen molar-refractivity contribution in [1.82, 2.24) is 0 Å². The largest absolute Gasteiger partial charge is 0.389 e. The molecule has 0 rings (SSSR count). The standard InChI is InChI=1S/C8H17IO2/c1-6(2)11-5-7(9)8(3,4)10/h6-7,10H,5H2,1-4H3. The van der Waals surface area contributed by atoms with Crippen LogP contribution in [0.2, 0.25) is 0 Å². The molecular weight excluding hydrogens is 255 g/mol. The number of hydrogen-bond acceptors (Lipinski definition) is 2. The highest BCUT2D eigenvalue weighted by atomic mass is 127. The van der Waals surface area contributed by atoms with Crippen LogP contribution in [0.5, 0.6) is 0 Å². The Morgan fingerprint density at radius 2 is 1.91 bits per heavy atom. The molecule has 1 unspecified atom stereocenters. The second-order valence-corrected chi connectivity index (χ2v) is 5.01. The van der Waals surface area contributed by atoms with Gasteiger partial charge in [-0.2, -0.15) is 0 Å². The third-order valence-electron chi connectivity index (χ3n) is 1.34. The molecule has 0 radical (unpaired) electrons. The average Bonchev–Trinajstić information content (AvgIpc) is 1.80. The van der Waals surface area contributed by atoms with E-state index in [1.807, 2.05) is 13.8 Å². The van der Waals surface area contributed by atoms with Crippen molar-refractivity contribution in [1.29, 1.82) is 0 Å². The summed E-state index contributed by atoms with van der Waals surface area (Å²) >= 11 is 2.21. The summed E-state index contributed by atoms with van der Waals surface area (Å²) in [6, 6.07) is 0. The van der Waals surface area contributed by atoms with Crippen molar-refractivity contribution in [3.05, 3.63) is 0 Å². The molecule has 0 aromatic rings. The molecule has 3 heteroatoms. The molecule has 68 valence electrons. The van der Waals surface area contributed by atoms with Crippen molar-refractivity contribution < 1.29 is 9.84 Å². The number of halogens is 1. The Morgan fingerprint density at radius 3 is 2.18 bits per heavy atom. The summed E-state index contributed by atoms with van der Waals surface area (Å²) in [6.45, 7) is 8.20. The summed E-state index contributed by atoms with van der Waals surface area (Å²) < 4.78 is 5.52. The van der Waals surface area contributed by atoms with E-state index in [0.717, 1.165) is 0 Å². The SMILES string of the molecule is CC(C)OCC(I)C(C)(C)O. The fraction of sp³-hybridized carbons (Fsp3) is 1.00. The van der Waals surface area contributed by atoms with Crippen molar-refractivity contribution in [3.8, 4) is 0 Å². The third-order valence-corrected chi connectivity index (χ3v) is 3.23. The molecule has 0 bridgehead atoms. The fourth-order valence-corrected chi connectivity index (χ4v) is 0.688. The second-order valence-electron chi connectivity index (χ2n) is 3.50. The van der Waals surface area contributed by atoms with Crippen LogP contribution in [0.15, 0.2) is 0 Å². The average molecular weight is 272 g/mol. The normalized spacial score (nSPS) is 15.5. The Morgan fingerprint density at radius 1 is 1.45 bits per heavy atom. The summed E-state index contributed by atoms with van der Waals surface area (Å²) in [4.78, 5) is 0. The quantitative estimate of drug-likeness (QED) is 0.626. The van der Waals surface area contributed by atoms with Crippen molar-refractivity contribution >= 4 is 22.6 Å². The van der Waals surface area contributed by atoms with E-state index in [1.165, 1.54) is 0 Å². The highest BCUT2D eigenvalue weighted by Gasteiger charge is 2.24. The van der Waals surface area contributed by atoms with Crippen molar-refractivity contribution in [2.24, 2.45) is 0 Å². The summed E-state index contributed by atoms with van der Waals surface area (Å²) in [5, 5.41) is 9.51. The molecule has 0 amide bonds. The lowest BCUT2D eigenvalue weighted by molar-refractivity contribution is 0.0211. The van der Waals surface area contributed by atoms with E-state index in [1.54, 1.807) is 13.8 Å². The minimum Gasteiger partial charge on any atom is -0.389 e. The van der Waals surface area contributed by atoms with Crippen LogP contribution in [0.4, 0.5) is 0 Å². The van der Waals surface area contributed by atoms with E-state index in [4.69, 9.17) is 4.74 Å². The molecule has 0 spiro atoms. The lowest BCUT2D eigenvalue weighted by Gasteiger charge is -2.24. The molecule has 0 aliphatic heterocycles.